The molecule has 1 aromatic carbocycles. The van der Waals surface area contributed by atoms with Gasteiger partial charge in [-0.25, -0.2) is 4.98 Å². The highest BCUT2D eigenvalue weighted by molar-refractivity contribution is 8.00. The minimum atomic E-state index is -0.326. The molecule has 2 heterocycles. The maximum Gasteiger partial charge on any atom is 0.263 e. The van der Waals surface area contributed by atoms with Crippen molar-refractivity contribution < 1.29 is 4.79 Å². The van der Waals surface area contributed by atoms with Gasteiger partial charge in [0.15, 0.2) is 5.16 Å². The number of aryl methyl sites for hydroxylation is 1. The molecule has 29 heavy (non-hydrogen) atoms. The van der Waals surface area contributed by atoms with Gasteiger partial charge in [0, 0.05) is 23.5 Å². The van der Waals surface area contributed by atoms with Crippen molar-refractivity contribution in [3.63, 3.8) is 0 Å². The van der Waals surface area contributed by atoms with E-state index in [1.165, 1.54) is 28.7 Å². The number of carbonyl (C=O) groups excluding carboxylic acids is 1. The van der Waals surface area contributed by atoms with Gasteiger partial charge in [-0.15, -0.1) is 17.9 Å². The number of rotatable bonds is 7. The Hall–Kier alpha value is -2.38. The number of hydrogen-bond donors (Lipinski definition) is 1. The molecular weight excluding hydrogens is 402 g/mol. The summed E-state index contributed by atoms with van der Waals surface area (Å²) in [6, 6.07) is 8.45. The summed E-state index contributed by atoms with van der Waals surface area (Å²) in [4.78, 5) is 31.2. The molecule has 1 aliphatic carbocycles. The molecule has 0 radical (unpaired) electrons. The van der Waals surface area contributed by atoms with Gasteiger partial charge in [0.2, 0.25) is 5.91 Å². The quantitative estimate of drug-likeness (QED) is 0.347. The second-order valence-corrected chi connectivity index (χ2v) is 9.50. The zero-order valence-corrected chi connectivity index (χ0v) is 18.1. The van der Waals surface area contributed by atoms with E-state index in [4.69, 9.17) is 4.98 Å². The molecule has 150 valence electrons. The van der Waals surface area contributed by atoms with Gasteiger partial charge in [0.1, 0.15) is 4.83 Å². The molecule has 1 atom stereocenters. The van der Waals surface area contributed by atoms with Crippen molar-refractivity contribution in [3.05, 3.63) is 58.2 Å². The first-order valence-electron chi connectivity index (χ1n) is 9.65. The minimum Gasteiger partial charge on any atom is -0.352 e. The summed E-state index contributed by atoms with van der Waals surface area (Å²) in [5.74, 6) is -0.0106. The summed E-state index contributed by atoms with van der Waals surface area (Å²) in [6.07, 6.45) is 3.78. The first-order valence-corrected chi connectivity index (χ1v) is 11.4. The van der Waals surface area contributed by atoms with E-state index >= 15 is 0 Å². The molecule has 0 spiro atoms. The molecule has 4 rings (SSSR count). The molecule has 0 aliphatic heterocycles. The molecule has 7 heteroatoms. The van der Waals surface area contributed by atoms with Gasteiger partial charge < -0.3 is 5.32 Å². The van der Waals surface area contributed by atoms with E-state index in [2.05, 4.69) is 11.9 Å². The Morgan fingerprint density at radius 1 is 1.41 bits per heavy atom. The smallest absolute Gasteiger partial charge is 0.263 e. The van der Waals surface area contributed by atoms with Crippen LogP contribution in [-0.2, 0) is 11.3 Å². The number of nitrogens with zero attached hydrogens (tertiary/aromatic N) is 2. The molecule has 1 unspecified atom stereocenters. The first kappa shape index (κ1) is 19.9. The molecule has 5 nitrogen and oxygen atoms in total. The molecule has 0 bridgehead atoms. The predicted octanol–water partition coefficient (Wildman–Crippen LogP) is 4.38. The van der Waals surface area contributed by atoms with Gasteiger partial charge in [-0.2, -0.15) is 0 Å². The van der Waals surface area contributed by atoms with Crippen molar-refractivity contribution in [1.29, 1.82) is 0 Å². The summed E-state index contributed by atoms with van der Waals surface area (Å²) in [6.45, 7) is 8.03. The Bertz CT molecular complexity index is 1130. The van der Waals surface area contributed by atoms with E-state index in [0.717, 1.165) is 24.0 Å². The van der Waals surface area contributed by atoms with Crippen LogP contribution in [0.3, 0.4) is 0 Å². The highest BCUT2D eigenvalue weighted by atomic mass is 32.2. The Labute approximate surface area is 177 Å². The lowest BCUT2D eigenvalue weighted by molar-refractivity contribution is -0.120. The van der Waals surface area contributed by atoms with Crippen molar-refractivity contribution in [1.82, 2.24) is 14.9 Å². The average molecular weight is 426 g/mol. The minimum absolute atomic E-state index is 0.0106. The molecular formula is C22H23N3O2S2. The Morgan fingerprint density at radius 2 is 2.14 bits per heavy atom. The van der Waals surface area contributed by atoms with Crippen LogP contribution in [0.2, 0.25) is 0 Å². The maximum absolute atomic E-state index is 13.4. The summed E-state index contributed by atoms with van der Waals surface area (Å²) in [5.41, 5.74) is 2.98. The molecule has 3 aromatic rings. The van der Waals surface area contributed by atoms with Crippen LogP contribution < -0.4 is 10.9 Å². The number of hydrogen-bond acceptors (Lipinski definition) is 5. The number of thiophene rings is 1. The van der Waals surface area contributed by atoms with Crippen molar-refractivity contribution in [3.8, 4) is 11.1 Å². The Morgan fingerprint density at radius 3 is 2.79 bits per heavy atom. The summed E-state index contributed by atoms with van der Waals surface area (Å²) >= 11 is 2.78. The SMILES string of the molecule is C=CCn1c(SC(C)C(=O)NC2CC2)nc2scc(-c3ccc(C)cc3)c2c1=O. The van der Waals surface area contributed by atoms with Crippen LogP contribution in [0.1, 0.15) is 25.3 Å². The van der Waals surface area contributed by atoms with E-state index in [1.807, 2.05) is 43.5 Å². The van der Waals surface area contributed by atoms with E-state index in [9.17, 15) is 9.59 Å². The van der Waals surface area contributed by atoms with Crippen LogP contribution in [0.15, 0.2) is 52.3 Å². The molecule has 1 aliphatic rings. The third-order valence-corrected chi connectivity index (χ3v) is 6.87. The van der Waals surface area contributed by atoms with E-state index in [-0.39, 0.29) is 16.7 Å². The number of thioether (sulfide) groups is 1. The van der Waals surface area contributed by atoms with Crippen LogP contribution in [-0.4, -0.2) is 26.8 Å². The molecule has 1 saturated carbocycles. The van der Waals surface area contributed by atoms with Crippen molar-refractivity contribution in [2.45, 2.75) is 49.7 Å². The number of nitrogens with one attached hydrogen (secondary N) is 1. The van der Waals surface area contributed by atoms with Crippen LogP contribution >= 0.6 is 23.1 Å². The maximum atomic E-state index is 13.4. The number of fused-ring (bicyclic) bond motifs is 1. The van der Waals surface area contributed by atoms with Crippen molar-refractivity contribution in [2.24, 2.45) is 0 Å². The predicted molar refractivity (Wildman–Crippen MR) is 121 cm³/mol. The lowest BCUT2D eigenvalue weighted by Gasteiger charge is -2.15. The van der Waals surface area contributed by atoms with Crippen molar-refractivity contribution >= 4 is 39.2 Å². The van der Waals surface area contributed by atoms with Gasteiger partial charge in [0.05, 0.1) is 10.6 Å². The topological polar surface area (TPSA) is 64.0 Å². The second-order valence-electron chi connectivity index (χ2n) is 7.34. The third-order valence-electron chi connectivity index (χ3n) is 4.91. The number of aromatic nitrogens is 2. The lowest BCUT2D eigenvalue weighted by Crippen LogP contribution is -2.33. The van der Waals surface area contributed by atoms with Gasteiger partial charge in [-0.3, -0.25) is 14.2 Å². The molecule has 1 amide bonds. The fourth-order valence-electron chi connectivity index (χ4n) is 3.09. The van der Waals surface area contributed by atoms with Crippen LogP contribution in [0.5, 0.6) is 0 Å². The number of allylic oxidation sites excluding steroid dienone is 1. The monoisotopic (exact) mass is 425 g/mol. The van der Waals surface area contributed by atoms with E-state index < -0.39 is 0 Å². The Kier molecular flexibility index (Phi) is 5.61. The fourth-order valence-corrected chi connectivity index (χ4v) is 5.00. The van der Waals surface area contributed by atoms with Crippen LogP contribution in [0.4, 0.5) is 0 Å². The van der Waals surface area contributed by atoms with Gasteiger partial charge in [-0.05, 0) is 32.3 Å². The average Bonchev–Trinajstić information content (AvgIpc) is 3.41. The summed E-state index contributed by atoms with van der Waals surface area (Å²) in [5, 5.41) is 5.85. The highest BCUT2D eigenvalue weighted by Gasteiger charge is 2.27. The third kappa shape index (κ3) is 4.16. The molecule has 0 saturated heterocycles. The van der Waals surface area contributed by atoms with Gasteiger partial charge >= 0.3 is 0 Å². The van der Waals surface area contributed by atoms with E-state index in [1.54, 1.807) is 10.6 Å². The van der Waals surface area contributed by atoms with E-state index in [0.29, 0.717) is 28.0 Å². The van der Waals surface area contributed by atoms with Crippen LogP contribution in [0.25, 0.3) is 21.3 Å². The standard InChI is InChI=1S/C22H23N3O2S2/c1-4-11-25-21(27)18-17(15-7-5-13(2)6-8-15)12-28-20(18)24-22(25)29-14(3)19(26)23-16-9-10-16/h4-8,12,14,16H,1,9-11H2,2-3H3,(H,23,26). The number of amides is 1. The van der Waals surface area contributed by atoms with Crippen LogP contribution in [0, 0.1) is 6.92 Å². The fraction of sp³-hybridized carbons (Fsp3) is 0.318. The summed E-state index contributed by atoms with van der Waals surface area (Å²) < 4.78 is 1.62. The zero-order chi connectivity index (χ0) is 20.5. The highest BCUT2D eigenvalue weighted by Crippen LogP contribution is 2.33. The van der Waals surface area contributed by atoms with Gasteiger partial charge in [-0.1, -0.05) is 47.7 Å². The largest absolute Gasteiger partial charge is 0.352 e. The number of benzene rings is 1. The zero-order valence-electron chi connectivity index (χ0n) is 16.5. The van der Waals surface area contributed by atoms with Crippen molar-refractivity contribution in [2.75, 3.05) is 0 Å². The number of carbonyl (C=O) groups is 1. The molecule has 1 N–H and O–H groups in total. The van der Waals surface area contributed by atoms with Gasteiger partial charge in [0.25, 0.3) is 5.56 Å². The lowest BCUT2D eigenvalue weighted by atomic mass is 10.1. The first-order chi connectivity index (χ1) is 14.0. The molecule has 2 aromatic heterocycles. The Balaban J connectivity index is 1.74. The molecule has 1 fully saturated rings. The normalized spacial score (nSPS) is 14.7. The second kappa shape index (κ2) is 8.16. The summed E-state index contributed by atoms with van der Waals surface area (Å²) in [7, 11) is 0.